The lowest BCUT2D eigenvalue weighted by Crippen LogP contribution is -1.94. The van der Waals surface area contributed by atoms with E-state index in [1.54, 1.807) is 23.5 Å². The van der Waals surface area contributed by atoms with Gasteiger partial charge in [-0.1, -0.05) is 49.9 Å². The van der Waals surface area contributed by atoms with E-state index in [2.05, 4.69) is 4.99 Å². The number of aryl methyl sites for hydroxylation is 2. The molecule has 0 fully saturated rings. The number of hydrogen-bond donors (Lipinski definition) is 1. The van der Waals surface area contributed by atoms with Crippen LogP contribution in [0.15, 0.2) is 29.3 Å². The molecule has 0 atom stereocenters. The summed E-state index contributed by atoms with van der Waals surface area (Å²) in [5, 5.41) is 10.2. The first-order valence-electron chi connectivity index (χ1n) is 9.13. The van der Waals surface area contributed by atoms with Crippen molar-refractivity contribution in [1.82, 2.24) is 4.98 Å². The Labute approximate surface area is 148 Å². The van der Waals surface area contributed by atoms with Gasteiger partial charge in [0.25, 0.3) is 0 Å². The number of aromatic nitrogens is 1. The SMILES string of the molecule is Oc1ccc(/C=N/c2nc3c(s2)CCCCCCCCCC3)cc1. The Balaban J connectivity index is 1.70. The molecular formula is C20H26N2OS. The molecule has 0 radical (unpaired) electrons. The molecule has 3 rings (SSSR count). The second-order valence-electron chi connectivity index (χ2n) is 6.54. The fourth-order valence-electron chi connectivity index (χ4n) is 3.14. The zero-order chi connectivity index (χ0) is 16.6. The molecule has 0 unspecified atom stereocenters. The molecule has 0 saturated carbocycles. The molecule has 1 heterocycles. The number of benzene rings is 1. The third-order valence-corrected chi connectivity index (χ3v) is 5.62. The predicted molar refractivity (Wildman–Crippen MR) is 102 cm³/mol. The normalized spacial score (nSPS) is 17.2. The van der Waals surface area contributed by atoms with Crippen LogP contribution in [0.25, 0.3) is 0 Å². The number of hydrogen-bond acceptors (Lipinski definition) is 4. The maximum absolute atomic E-state index is 9.34. The number of aliphatic imine (C=N–C) groups is 1. The van der Waals surface area contributed by atoms with E-state index in [-0.39, 0.29) is 5.75 Å². The minimum atomic E-state index is 0.281. The summed E-state index contributed by atoms with van der Waals surface area (Å²) in [4.78, 5) is 10.8. The summed E-state index contributed by atoms with van der Waals surface area (Å²) in [6.07, 6.45) is 14.8. The van der Waals surface area contributed by atoms with Crippen LogP contribution in [0.4, 0.5) is 5.13 Å². The summed E-state index contributed by atoms with van der Waals surface area (Å²) in [5.41, 5.74) is 2.26. The fraction of sp³-hybridized carbons (Fsp3) is 0.500. The summed E-state index contributed by atoms with van der Waals surface area (Å²) in [6.45, 7) is 0. The maximum Gasteiger partial charge on any atom is 0.209 e. The first-order valence-corrected chi connectivity index (χ1v) is 9.94. The Morgan fingerprint density at radius 3 is 2.21 bits per heavy atom. The number of thiazole rings is 1. The molecule has 1 N–H and O–H groups in total. The van der Waals surface area contributed by atoms with Gasteiger partial charge in [-0.05, 0) is 55.5 Å². The molecule has 1 aromatic carbocycles. The number of aromatic hydroxyl groups is 1. The number of fused-ring (bicyclic) bond motifs is 1. The highest BCUT2D eigenvalue weighted by Crippen LogP contribution is 2.29. The highest BCUT2D eigenvalue weighted by Gasteiger charge is 2.11. The molecule has 4 heteroatoms. The van der Waals surface area contributed by atoms with E-state index in [9.17, 15) is 5.11 Å². The maximum atomic E-state index is 9.34. The van der Waals surface area contributed by atoms with Crippen molar-refractivity contribution in [2.24, 2.45) is 4.99 Å². The van der Waals surface area contributed by atoms with Crippen molar-refractivity contribution in [3.05, 3.63) is 40.4 Å². The lowest BCUT2D eigenvalue weighted by atomic mass is 10.0. The van der Waals surface area contributed by atoms with Gasteiger partial charge < -0.3 is 5.11 Å². The van der Waals surface area contributed by atoms with E-state index in [4.69, 9.17) is 4.98 Å². The molecular weight excluding hydrogens is 316 g/mol. The fourth-order valence-corrected chi connectivity index (χ4v) is 4.14. The third kappa shape index (κ3) is 5.17. The molecule has 0 bridgehead atoms. The van der Waals surface area contributed by atoms with E-state index in [0.717, 1.165) is 23.5 Å². The molecule has 0 aliphatic heterocycles. The van der Waals surface area contributed by atoms with Crippen molar-refractivity contribution in [3.63, 3.8) is 0 Å². The van der Waals surface area contributed by atoms with Crippen LogP contribution in [0.5, 0.6) is 5.75 Å². The first-order chi connectivity index (χ1) is 11.8. The molecule has 2 aromatic rings. The highest BCUT2D eigenvalue weighted by atomic mass is 32.1. The van der Waals surface area contributed by atoms with Gasteiger partial charge in [-0.3, -0.25) is 0 Å². The quantitative estimate of drug-likeness (QED) is 0.699. The van der Waals surface area contributed by atoms with Crippen molar-refractivity contribution in [2.75, 3.05) is 0 Å². The summed E-state index contributed by atoms with van der Waals surface area (Å²) >= 11 is 1.75. The zero-order valence-electron chi connectivity index (χ0n) is 14.2. The first kappa shape index (κ1) is 17.2. The smallest absolute Gasteiger partial charge is 0.209 e. The number of rotatable bonds is 2. The topological polar surface area (TPSA) is 45.5 Å². The van der Waals surface area contributed by atoms with E-state index >= 15 is 0 Å². The van der Waals surface area contributed by atoms with Gasteiger partial charge in [-0.25, -0.2) is 9.98 Å². The average molecular weight is 343 g/mol. The van der Waals surface area contributed by atoms with Gasteiger partial charge in [0, 0.05) is 11.1 Å². The summed E-state index contributed by atoms with van der Waals surface area (Å²) < 4.78 is 0. The largest absolute Gasteiger partial charge is 0.508 e. The molecule has 0 spiro atoms. The minimum Gasteiger partial charge on any atom is -0.508 e. The van der Waals surface area contributed by atoms with Crippen molar-refractivity contribution in [2.45, 2.75) is 64.2 Å². The van der Waals surface area contributed by atoms with Gasteiger partial charge in [0.05, 0.1) is 5.69 Å². The van der Waals surface area contributed by atoms with Gasteiger partial charge in [0.1, 0.15) is 5.75 Å². The second kappa shape index (κ2) is 8.97. The van der Waals surface area contributed by atoms with E-state index in [1.165, 1.54) is 61.9 Å². The Morgan fingerprint density at radius 2 is 1.50 bits per heavy atom. The van der Waals surface area contributed by atoms with Crippen molar-refractivity contribution in [1.29, 1.82) is 0 Å². The van der Waals surface area contributed by atoms with Crippen molar-refractivity contribution >= 4 is 22.7 Å². The van der Waals surface area contributed by atoms with Gasteiger partial charge in [0.2, 0.25) is 5.13 Å². The molecule has 128 valence electrons. The number of phenols is 1. The molecule has 1 aromatic heterocycles. The summed E-state index contributed by atoms with van der Waals surface area (Å²) in [7, 11) is 0. The van der Waals surface area contributed by atoms with Crippen LogP contribution < -0.4 is 0 Å². The van der Waals surface area contributed by atoms with Gasteiger partial charge in [-0.2, -0.15) is 0 Å². The van der Waals surface area contributed by atoms with Crippen molar-refractivity contribution in [3.8, 4) is 5.75 Å². The van der Waals surface area contributed by atoms with Gasteiger partial charge >= 0.3 is 0 Å². The lowest BCUT2D eigenvalue weighted by Gasteiger charge is -2.06. The second-order valence-corrected chi connectivity index (χ2v) is 7.61. The molecule has 0 amide bonds. The predicted octanol–water partition coefficient (Wildman–Crippen LogP) is 5.82. The average Bonchev–Trinajstić information content (AvgIpc) is 2.96. The van der Waals surface area contributed by atoms with Crippen molar-refractivity contribution < 1.29 is 5.11 Å². The molecule has 3 nitrogen and oxygen atoms in total. The number of nitrogens with zero attached hydrogens (tertiary/aromatic N) is 2. The van der Waals surface area contributed by atoms with Crippen LogP contribution in [0.1, 0.15) is 67.5 Å². The highest BCUT2D eigenvalue weighted by molar-refractivity contribution is 7.15. The van der Waals surface area contributed by atoms with E-state index < -0.39 is 0 Å². The molecule has 0 saturated heterocycles. The Morgan fingerprint density at radius 1 is 0.875 bits per heavy atom. The Hall–Kier alpha value is -1.68. The van der Waals surface area contributed by atoms with Gasteiger partial charge in [0.15, 0.2) is 0 Å². The monoisotopic (exact) mass is 342 g/mol. The lowest BCUT2D eigenvalue weighted by molar-refractivity contribution is 0.475. The summed E-state index contributed by atoms with van der Waals surface area (Å²) in [5.74, 6) is 0.281. The van der Waals surface area contributed by atoms with Crippen LogP contribution in [0.3, 0.4) is 0 Å². The Kier molecular flexibility index (Phi) is 6.41. The molecule has 1 aliphatic carbocycles. The number of phenolic OH excluding ortho intramolecular Hbond substituents is 1. The summed E-state index contributed by atoms with van der Waals surface area (Å²) in [6, 6.07) is 7.09. The van der Waals surface area contributed by atoms with E-state index in [1.807, 2.05) is 18.3 Å². The van der Waals surface area contributed by atoms with Gasteiger partial charge in [-0.15, -0.1) is 0 Å². The van der Waals surface area contributed by atoms with Crippen LogP contribution in [-0.2, 0) is 12.8 Å². The third-order valence-electron chi connectivity index (χ3n) is 4.55. The minimum absolute atomic E-state index is 0.281. The Bertz CT molecular complexity index is 631. The van der Waals surface area contributed by atoms with Crippen LogP contribution >= 0.6 is 11.3 Å². The van der Waals surface area contributed by atoms with Crippen LogP contribution in [0.2, 0.25) is 0 Å². The molecule has 24 heavy (non-hydrogen) atoms. The zero-order valence-corrected chi connectivity index (χ0v) is 15.0. The van der Waals surface area contributed by atoms with E-state index in [0.29, 0.717) is 0 Å². The standard InChI is InChI=1S/C20H26N2OS/c23-17-13-11-16(12-14-17)15-21-20-22-18-9-7-5-3-1-2-4-6-8-10-19(18)24-20/h11-15,23H,1-10H2/b21-15+. The molecule has 1 aliphatic rings. The van der Waals surface area contributed by atoms with Crippen LogP contribution in [0, 0.1) is 0 Å². The van der Waals surface area contributed by atoms with Crippen LogP contribution in [-0.4, -0.2) is 16.3 Å².